The summed E-state index contributed by atoms with van der Waals surface area (Å²) in [7, 11) is 0. The van der Waals surface area contributed by atoms with Crippen LogP contribution in [0.3, 0.4) is 0 Å². The van der Waals surface area contributed by atoms with E-state index < -0.39 is 0 Å². The van der Waals surface area contributed by atoms with Gasteiger partial charge in [0.15, 0.2) is 0 Å². The molecule has 1 aliphatic heterocycles. The van der Waals surface area contributed by atoms with Gasteiger partial charge in [0.2, 0.25) is 5.91 Å². The van der Waals surface area contributed by atoms with Crippen LogP contribution in [0.2, 0.25) is 0 Å². The predicted molar refractivity (Wildman–Crippen MR) is 46.1 cm³/mol. The van der Waals surface area contributed by atoms with Gasteiger partial charge in [-0.3, -0.25) is 4.79 Å². The SMILES string of the molecule is O=CC1CCN(C(=O)CCl)CC1. The highest BCUT2D eigenvalue weighted by Gasteiger charge is 2.21. The lowest BCUT2D eigenvalue weighted by molar-refractivity contribution is -0.130. The number of piperidine rings is 1. The molecule has 0 atom stereocenters. The Balaban J connectivity index is 2.35. The molecule has 1 rings (SSSR count). The molecule has 0 unspecified atom stereocenters. The summed E-state index contributed by atoms with van der Waals surface area (Å²) in [5.74, 6) is 0.163. The van der Waals surface area contributed by atoms with Crippen LogP contribution in [0, 0.1) is 5.92 Å². The number of hydrogen-bond acceptors (Lipinski definition) is 2. The zero-order valence-electron chi connectivity index (χ0n) is 6.83. The van der Waals surface area contributed by atoms with Gasteiger partial charge in [0.25, 0.3) is 0 Å². The van der Waals surface area contributed by atoms with Crippen molar-refractivity contribution >= 4 is 23.8 Å². The Morgan fingerprint density at radius 2 is 2.08 bits per heavy atom. The lowest BCUT2D eigenvalue weighted by Crippen LogP contribution is -2.39. The number of carbonyl (C=O) groups is 2. The van der Waals surface area contributed by atoms with E-state index in [9.17, 15) is 9.59 Å². The maximum Gasteiger partial charge on any atom is 0.237 e. The number of rotatable bonds is 2. The average molecular weight is 190 g/mol. The highest BCUT2D eigenvalue weighted by Crippen LogP contribution is 2.14. The minimum Gasteiger partial charge on any atom is -0.342 e. The maximum absolute atomic E-state index is 11.1. The third kappa shape index (κ3) is 2.21. The second kappa shape index (κ2) is 4.45. The molecule has 3 nitrogen and oxygen atoms in total. The van der Waals surface area contributed by atoms with Crippen molar-refractivity contribution in [3.63, 3.8) is 0 Å². The summed E-state index contributed by atoms with van der Waals surface area (Å²) in [5, 5.41) is 0. The van der Waals surface area contributed by atoms with E-state index in [1.54, 1.807) is 4.90 Å². The lowest BCUT2D eigenvalue weighted by atomic mass is 9.99. The number of halogens is 1. The first-order valence-electron chi connectivity index (χ1n) is 4.07. The van der Waals surface area contributed by atoms with Crippen LogP contribution in [0.5, 0.6) is 0 Å². The highest BCUT2D eigenvalue weighted by atomic mass is 35.5. The van der Waals surface area contributed by atoms with Gasteiger partial charge in [-0.2, -0.15) is 0 Å². The van der Waals surface area contributed by atoms with Crippen LogP contribution >= 0.6 is 11.6 Å². The van der Waals surface area contributed by atoms with E-state index in [1.807, 2.05) is 0 Å². The molecule has 0 aromatic rings. The van der Waals surface area contributed by atoms with Crippen molar-refractivity contribution in [1.82, 2.24) is 4.90 Å². The Morgan fingerprint density at radius 1 is 1.50 bits per heavy atom. The van der Waals surface area contributed by atoms with Crippen molar-refractivity contribution in [2.24, 2.45) is 5.92 Å². The topological polar surface area (TPSA) is 37.4 Å². The van der Waals surface area contributed by atoms with Crippen LogP contribution in [0.1, 0.15) is 12.8 Å². The molecule has 12 heavy (non-hydrogen) atoms. The Bertz CT molecular complexity index is 176. The van der Waals surface area contributed by atoms with E-state index in [4.69, 9.17) is 11.6 Å². The summed E-state index contributed by atoms with van der Waals surface area (Å²) in [6, 6.07) is 0. The quantitative estimate of drug-likeness (QED) is 0.473. The fourth-order valence-corrected chi connectivity index (χ4v) is 1.54. The highest BCUT2D eigenvalue weighted by molar-refractivity contribution is 6.27. The van der Waals surface area contributed by atoms with Gasteiger partial charge in [-0.15, -0.1) is 11.6 Å². The van der Waals surface area contributed by atoms with Crippen LogP contribution in [0.15, 0.2) is 0 Å². The van der Waals surface area contributed by atoms with Crippen LogP contribution in [0.4, 0.5) is 0 Å². The predicted octanol–water partition coefficient (Wildman–Crippen LogP) is 0.663. The summed E-state index contributed by atoms with van der Waals surface area (Å²) in [6.45, 7) is 1.35. The molecule has 0 radical (unpaired) electrons. The van der Waals surface area contributed by atoms with E-state index in [2.05, 4.69) is 0 Å². The Kier molecular flexibility index (Phi) is 3.53. The molecule has 4 heteroatoms. The Morgan fingerprint density at radius 3 is 2.50 bits per heavy atom. The molecule has 0 spiro atoms. The molecule has 0 aliphatic carbocycles. The molecule has 1 fully saturated rings. The number of nitrogens with zero attached hydrogens (tertiary/aromatic N) is 1. The number of carbonyl (C=O) groups excluding carboxylic acids is 2. The first-order valence-corrected chi connectivity index (χ1v) is 4.60. The molecule has 0 saturated carbocycles. The first kappa shape index (κ1) is 9.52. The molecular weight excluding hydrogens is 178 g/mol. The molecule has 0 aromatic heterocycles. The number of aldehydes is 1. The van der Waals surface area contributed by atoms with E-state index in [-0.39, 0.29) is 17.7 Å². The van der Waals surface area contributed by atoms with Crippen molar-refractivity contribution in [2.75, 3.05) is 19.0 Å². The number of amides is 1. The molecule has 0 N–H and O–H groups in total. The van der Waals surface area contributed by atoms with Gasteiger partial charge in [0.1, 0.15) is 12.2 Å². The largest absolute Gasteiger partial charge is 0.342 e. The fraction of sp³-hybridized carbons (Fsp3) is 0.750. The molecule has 0 aromatic carbocycles. The van der Waals surface area contributed by atoms with Gasteiger partial charge < -0.3 is 9.69 Å². The van der Waals surface area contributed by atoms with Gasteiger partial charge in [-0.05, 0) is 12.8 Å². The van der Waals surface area contributed by atoms with Crippen molar-refractivity contribution in [3.8, 4) is 0 Å². The molecule has 1 saturated heterocycles. The molecule has 1 amide bonds. The second-order valence-corrected chi connectivity index (χ2v) is 3.26. The number of hydrogen-bond donors (Lipinski definition) is 0. The van der Waals surface area contributed by atoms with Crippen LogP contribution in [0.25, 0.3) is 0 Å². The molecule has 1 heterocycles. The average Bonchev–Trinajstić information content (AvgIpc) is 2.17. The third-order valence-electron chi connectivity index (χ3n) is 2.20. The van der Waals surface area contributed by atoms with Crippen molar-refractivity contribution in [3.05, 3.63) is 0 Å². The summed E-state index contributed by atoms with van der Waals surface area (Å²) < 4.78 is 0. The van der Waals surface area contributed by atoms with Crippen molar-refractivity contribution in [1.29, 1.82) is 0 Å². The number of likely N-dealkylation sites (tertiary alicyclic amines) is 1. The molecule has 0 bridgehead atoms. The van der Waals surface area contributed by atoms with Crippen LogP contribution < -0.4 is 0 Å². The second-order valence-electron chi connectivity index (χ2n) is 2.99. The Hall–Kier alpha value is -0.570. The molecule has 68 valence electrons. The zero-order chi connectivity index (χ0) is 8.97. The Labute approximate surface area is 76.7 Å². The third-order valence-corrected chi connectivity index (χ3v) is 2.43. The summed E-state index contributed by atoms with van der Waals surface area (Å²) >= 11 is 5.39. The van der Waals surface area contributed by atoms with E-state index in [0.29, 0.717) is 13.1 Å². The summed E-state index contributed by atoms with van der Waals surface area (Å²) in [4.78, 5) is 23.2. The monoisotopic (exact) mass is 189 g/mol. The van der Waals surface area contributed by atoms with Crippen molar-refractivity contribution < 1.29 is 9.59 Å². The molecular formula is C8H12ClNO2. The van der Waals surface area contributed by atoms with Gasteiger partial charge in [0, 0.05) is 19.0 Å². The van der Waals surface area contributed by atoms with Crippen LogP contribution in [-0.4, -0.2) is 36.1 Å². The minimum atomic E-state index is -0.0268. The van der Waals surface area contributed by atoms with Gasteiger partial charge in [-0.25, -0.2) is 0 Å². The standard InChI is InChI=1S/C8H12ClNO2/c9-5-8(12)10-3-1-7(6-11)2-4-10/h6-7H,1-5H2. The lowest BCUT2D eigenvalue weighted by Gasteiger charge is -2.28. The van der Waals surface area contributed by atoms with E-state index in [0.717, 1.165) is 19.1 Å². The van der Waals surface area contributed by atoms with Gasteiger partial charge >= 0.3 is 0 Å². The first-order chi connectivity index (χ1) is 5.77. The fourth-order valence-electron chi connectivity index (χ4n) is 1.37. The van der Waals surface area contributed by atoms with Gasteiger partial charge in [-0.1, -0.05) is 0 Å². The summed E-state index contributed by atoms with van der Waals surface area (Å²) in [6.07, 6.45) is 2.54. The smallest absolute Gasteiger partial charge is 0.237 e. The van der Waals surface area contributed by atoms with Gasteiger partial charge in [0.05, 0.1) is 0 Å². The van der Waals surface area contributed by atoms with Crippen LogP contribution in [-0.2, 0) is 9.59 Å². The van der Waals surface area contributed by atoms with E-state index in [1.165, 1.54) is 0 Å². The zero-order valence-corrected chi connectivity index (χ0v) is 7.59. The van der Waals surface area contributed by atoms with Crippen molar-refractivity contribution in [2.45, 2.75) is 12.8 Å². The normalized spacial score (nSPS) is 19.2. The maximum atomic E-state index is 11.1. The molecule has 1 aliphatic rings. The van der Waals surface area contributed by atoms with E-state index >= 15 is 0 Å². The minimum absolute atomic E-state index is 0.0268. The summed E-state index contributed by atoms with van der Waals surface area (Å²) in [5.41, 5.74) is 0. The number of alkyl halides is 1.